The Balaban J connectivity index is 1.85. The van der Waals surface area contributed by atoms with E-state index in [4.69, 9.17) is 23.2 Å². The minimum Gasteiger partial charge on any atom is -0.354 e. The standard InChI is InChI=1S/C35H37Cl2N3O4S/c1-4-20-38-35(42)33(22-27-12-7-5-8-13-27)39(23-29-30(36)16-11-17-31(29)37)34(41)24-40(32-21-25(2)18-19-26(32)3)45(43,44)28-14-9-6-10-15-28/h5-19,21,33H,4,20,22-24H2,1-3H3,(H,38,42)/t33-/m0/s1. The molecule has 1 N–H and O–H groups in total. The zero-order valence-corrected chi connectivity index (χ0v) is 27.9. The quantitative estimate of drug-likeness (QED) is 0.167. The van der Waals surface area contributed by atoms with Crippen LogP contribution in [0.25, 0.3) is 0 Å². The van der Waals surface area contributed by atoms with E-state index in [1.165, 1.54) is 17.0 Å². The normalized spacial score (nSPS) is 11.9. The van der Waals surface area contributed by atoms with E-state index in [2.05, 4.69) is 5.32 Å². The lowest BCUT2D eigenvalue weighted by atomic mass is 10.0. The van der Waals surface area contributed by atoms with Crippen LogP contribution in [0.3, 0.4) is 0 Å². The molecule has 236 valence electrons. The van der Waals surface area contributed by atoms with E-state index in [-0.39, 0.29) is 23.8 Å². The van der Waals surface area contributed by atoms with Crippen LogP contribution in [0.15, 0.2) is 102 Å². The molecule has 0 aliphatic rings. The molecule has 4 aromatic carbocycles. The highest BCUT2D eigenvalue weighted by atomic mass is 35.5. The number of carbonyl (C=O) groups is 2. The number of aryl methyl sites for hydroxylation is 2. The van der Waals surface area contributed by atoms with Crippen LogP contribution in [0.4, 0.5) is 5.69 Å². The third-order valence-corrected chi connectivity index (χ3v) is 9.94. The van der Waals surface area contributed by atoms with Gasteiger partial charge >= 0.3 is 0 Å². The molecule has 0 bridgehead atoms. The summed E-state index contributed by atoms with van der Waals surface area (Å²) in [6.07, 6.45) is 0.892. The first-order valence-corrected chi connectivity index (χ1v) is 16.9. The van der Waals surface area contributed by atoms with Crippen LogP contribution < -0.4 is 9.62 Å². The van der Waals surface area contributed by atoms with Gasteiger partial charge in [0.05, 0.1) is 10.6 Å². The highest BCUT2D eigenvalue weighted by molar-refractivity contribution is 7.92. The fraction of sp³-hybridized carbons (Fsp3) is 0.257. The molecule has 7 nitrogen and oxygen atoms in total. The van der Waals surface area contributed by atoms with Gasteiger partial charge in [-0.25, -0.2) is 8.42 Å². The molecule has 1 atom stereocenters. The first-order chi connectivity index (χ1) is 21.5. The molecule has 2 amide bonds. The van der Waals surface area contributed by atoms with Crippen molar-refractivity contribution in [3.05, 3.63) is 129 Å². The molecule has 0 aliphatic carbocycles. The van der Waals surface area contributed by atoms with E-state index < -0.39 is 28.5 Å². The minimum absolute atomic E-state index is 0.0425. The number of amides is 2. The lowest BCUT2D eigenvalue weighted by molar-refractivity contribution is -0.140. The Morgan fingerprint density at radius 1 is 0.844 bits per heavy atom. The molecule has 0 saturated carbocycles. The van der Waals surface area contributed by atoms with Crippen LogP contribution in [0.5, 0.6) is 0 Å². The van der Waals surface area contributed by atoms with Crippen molar-refractivity contribution in [3.63, 3.8) is 0 Å². The molecule has 45 heavy (non-hydrogen) atoms. The average Bonchev–Trinajstić information content (AvgIpc) is 3.03. The monoisotopic (exact) mass is 665 g/mol. The molecule has 0 radical (unpaired) electrons. The van der Waals surface area contributed by atoms with Crippen molar-refractivity contribution >= 4 is 50.7 Å². The van der Waals surface area contributed by atoms with Crippen molar-refractivity contribution in [3.8, 4) is 0 Å². The summed E-state index contributed by atoms with van der Waals surface area (Å²) >= 11 is 13.1. The molecule has 0 heterocycles. The first-order valence-electron chi connectivity index (χ1n) is 14.7. The molecule has 0 saturated heterocycles. The van der Waals surface area contributed by atoms with Crippen LogP contribution in [-0.2, 0) is 32.6 Å². The predicted molar refractivity (Wildman–Crippen MR) is 181 cm³/mol. The Morgan fingerprint density at radius 3 is 2.09 bits per heavy atom. The zero-order valence-electron chi connectivity index (χ0n) is 25.5. The Labute approximate surface area is 275 Å². The topological polar surface area (TPSA) is 86.8 Å². The molecule has 0 fully saturated rings. The molecule has 0 aliphatic heterocycles. The van der Waals surface area contributed by atoms with E-state index in [0.717, 1.165) is 15.4 Å². The number of benzene rings is 4. The fourth-order valence-electron chi connectivity index (χ4n) is 4.99. The summed E-state index contributed by atoms with van der Waals surface area (Å²) in [7, 11) is -4.20. The number of hydrogen-bond acceptors (Lipinski definition) is 4. The van der Waals surface area contributed by atoms with Gasteiger partial charge < -0.3 is 10.2 Å². The van der Waals surface area contributed by atoms with Gasteiger partial charge in [-0.3, -0.25) is 13.9 Å². The number of sulfonamides is 1. The van der Waals surface area contributed by atoms with Crippen molar-refractivity contribution in [2.24, 2.45) is 0 Å². The van der Waals surface area contributed by atoms with E-state index in [9.17, 15) is 18.0 Å². The Bertz CT molecular complexity index is 1710. The Morgan fingerprint density at radius 2 is 1.47 bits per heavy atom. The van der Waals surface area contributed by atoms with Gasteiger partial charge in [0.25, 0.3) is 10.0 Å². The lowest BCUT2D eigenvalue weighted by Gasteiger charge is -2.34. The van der Waals surface area contributed by atoms with Crippen molar-refractivity contribution in [2.75, 3.05) is 17.4 Å². The summed E-state index contributed by atoms with van der Waals surface area (Å²) in [5, 5.41) is 3.59. The van der Waals surface area contributed by atoms with Gasteiger partial charge in [0.15, 0.2) is 0 Å². The van der Waals surface area contributed by atoms with Gasteiger partial charge in [0.1, 0.15) is 12.6 Å². The first kappa shape index (κ1) is 34.0. The average molecular weight is 667 g/mol. The number of halogens is 2. The molecule has 10 heteroatoms. The van der Waals surface area contributed by atoms with Gasteiger partial charge in [0.2, 0.25) is 11.8 Å². The Hall–Kier alpha value is -3.85. The maximum absolute atomic E-state index is 14.6. The number of anilines is 1. The summed E-state index contributed by atoms with van der Waals surface area (Å²) in [5.74, 6) is -0.944. The summed E-state index contributed by atoms with van der Waals surface area (Å²) < 4.78 is 29.5. The molecule has 4 aromatic rings. The molecule has 0 spiro atoms. The van der Waals surface area contributed by atoms with Gasteiger partial charge in [-0.15, -0.1) is 0 Å². The number of rotatable bonds is 13. The van der Waals surface area contributed by atoms with Crippen molar-refractivity contribution in [1.29, 1.82) is 0 Å². The Kier molecular flexibility index (Phi) is 11.7. The summed E-state index contributed by atoms with van der Waals surface area (Å²) in [4.78, 5) is 29.8. The third-order valence-electron chi connectivity index (χ3n) is 7.45. The molecule has 0 unspecified atom stereocenters. The predicted octanol–water partition coefficient (Wildman–Crippen LogP) is 6.97. The fourth-order valence-corrected chi connectivity index (χ4v) is 7.00. The molecular weight excluding hydrogens is 629 g/mol. The van der Waals surface area contributed by atoms with E-state index in [0.29, 0.717) is 39.8 Å². The molecular formula is C35H37Cl2N3O4S. The number of hydrogen-bond donors (Lipinski definition) is 1. The van der Waals surface area contributed by atoms with Gasteiger partial charge in [-0.1, -0.05) is 96.9 Å². The second-order valence-corrected chi connectivity index (χ2v) is 13.5. The SMILES string of the molecule is CCCNC(=O)[C@H](Cc1ccccc1)N(Cc1c(Cl)cccc1Cl)C(=O)CN(c1cc(C)ccc1C)S(=O)(=O)c1ccccc1. The maximum atomic E-state index is 14.6. The minimum atomic E-state index is -4.20. The van der Waals surface area contributed by atoms with Crippen LogP contribution >= 0.6 is 23.2 Å². The molecule has 0 aromatic heterocycles. The van der Waals surface area contributed by atoms with E-state index >= 15 is 0 Å². The lowest BCUT2D eigenvalue weighted by Crippen LogP contribution is -2.53. The highest BCUT2D eigenvalue weighted by Crippen LogP contribution is 2.30. The second-order valence-electron chi connectivity index (χ2n) is 10.8. The van der Waals surface area contributed by atoms with E-state index in [1.807, 2.05) is 56.3 Å². The van der Waals surface area contributed by atoms with Crippen molar-refractivity contribution < 1.29 is 18.0 Å². The number of nitrogens with zero attached hydrogens (tertiary/aromatic N) is 2. The van der Waals surface area contributed by atoms with Gasteiger partial charge in [-0.2, -0.15) is 0 Å². The van der Waals surface area contributed by atoms with Crippen LogP contribution in [0.1, 0.15) is 35.6 Å². The molecule has 4 rings (SSSR count). The highest BCUT2D eigenvalue weighted by Gasteiger charge is 2.35. The van der Waals surface area contributed by atoms with E-state index in [1.54, 1.807) is 49.4 Å². The zero-order chi connectivity index (χ0) is 32.6. The maximum Gasteiger partial charge on any atom is 0.264 e. The number of carbonyl (C=O) groups excluding carboxylic acids is 2. The van der Waals surface area contributed by atoms with Crippen molar-refractivity contribution in [2.45, 2.75) is 51.1 Å². The smallest absolute Gasteiger partial charge is 0.264 e. The van der Waals surface area contributed by atoms with Crippen LogP contribution in [0, 0.1) is 13.8 Å². The summed E-state index contributed by atoms with van der Waals surface area (Å²) in [5.41, 5.74) is 3.17. The third kappa shape index (κ3) is 8.45. The van der Waals surface area contributed by atoms with Gasteiger partial charge in [0, 0.05) is 35.1 Å². The van der Waals surface area contributed by atoms with Gasteiger partial charge in [-0.05, 0) is 67.3 Å². The van der Waals surface area contributed by atoms with Crippen LogP contribution in [-0.4, -0.2) is 44.3 Å². The summed E-state index contributed by atoms with van der Waals surface area (Å²) in [6, 6.07) is 26.8. The second kappa shape index (κ2) is 15.4. The largest absolute Gasteiger partial charge is 0.354 e. The van der Waals surface area contributed by atoms with Crippen LogP contribution in [0.2, 0.25) is 10.0 Å². The van der Waals surface area contributed by atoms with Crippen molar-refractivity contribution in [1.82, 2.24) is 10.2 Å². The number of nitrogens with one attached hydrogen (secondary N) is 1. The summed E-state index contributed by atoms with van der Waals surface area (Å²) in [6.45, 7) is 5.34.